The lowest BCUT2D eigenvalue weighted by molar-refractivity contribution is 0.313. The zero-order valence-corrected chi connectivity index (χ0v) is 15.4. The fourth-order valence-electron chi connectivity index (χ4n) is 2.65. The number of anilines is 2. The number of hydrogen-bond acceptors (Lipinski definition) is 6. The van der Waals surface area contributed by atoms with E-state index in [0.717, 1.165) is 31.9 Å². The Labute approximate surface area is 146 Å². The highest BCUT2D eigenvalue weighted by Gasteiger charge is 2.20. The summed E-state index contributed by atoms with van der Waals surface area (Å²) >= 11 is 1.19. The van der Waals surface area contributed by atoms with Crippen LogP contribution in [0, 0.1) is 0 Å². The van der Waals surface area contributed by atoms with Crippen molar-refractivity contribution in [3.63, 3.8) is 0 Å². The number of ether oxygens (including phenoxy) is 1. The van der Waals surface area contributed by atoms with Crippen molar-refractivity contribution in [3.05, 3.63) is 35.7 Å². The van der Waals surface area contributed by atoms with Gasteiger partial charge in [-0.3, -0.25) is 4.72 Å². The number of likely N-dealkylation sites (N-methyl/N-ethyl adjacent to an activating group) is 1. The molecule has 24 heavy (non-hydrogen) atoms. The zero-order chi connectivity index (χ0) is 17.2. The lowest BCUT2D eigenvalue weighted by Gasteiger charge is -2.34. The average Bonchev–Trinajstić information content (AvgIpc) is 3.11. The molecule has 0 spiro atoms. The van der Waals surface area contributed by atoms with E-state index in [0.29, 0.717) is 11.4 Å². The number of methoxy groups -OCH3 is 1. The van der Waals surface area contributed by atoms with Crippen LogP contribution >= 0.6 is 11.3 Å². The van der Waals surface area contributed by atoms with Crippen molar-refractivity contribution in [2.75, 3.05) is 50.0 Å². The van der Waals surface area contributed by atoms with Crippen molar-refractivity contribution in [2.24, 2.45) is 0 Å². The molecule has 1 fully saturated rings. The summed E-state index contributed by atoms with van der Waals surface area (Å²) in [5, 5.41) is 1.74. The largest absolute Gasteiger partial charge is 0.495 e. The molecule has 2 heterocycles. The monoisotopic (exact) mass is 367 g/mol. The smallest absolute Gasteiger partial charge is 0.271 e. The summed E-state index contributed by atoms with van der Waals surface area (Å²) in [6, 6.07) is 8.92. The molecule has 2 aromatic rings. The van der Waals surface area contributed by atoms with Gasteiger partial charge in [-0.05, 0) is 36.7 Å². The number of thiophene rings is 1. The predicted octanol–water partition coefficient (Wildman–Crippen LogP) is 2.31. The molecule has 0 bridgehead atoms. The van der Waals surface area contributed by atoms with Crippen molar-refractivity contribution < 1.29 is 13.2 Å². The molecule has 1 aliphatic rings. The molecule has 130 valence electrons. The summed E-state index contributed by atoms with van der Waals surface area (Å²) in [5.74, 6) is 0.507. The van der Waals surface area contributed by atoms with E-state index < -0.39 is 10.0 Å². The van der Waals surface area contributed by atoms with Gasteiger partial charge >= 0.3 is 0 Å². The minimum atomic E-state index is -3.60. The molecule has 1 N–H and O–H groups in total. The second-order valence-electron chi connectivity index (χ2n) is 5.71. The minimum absolute atomic E-state index is 0.287. The average molecular weight is 367 g/mol. The van der Waals surface area contributed by atoms with Crippen LogP contribution in [0.5, 0.6) is 5.75 Å². The second kappa shape index (κ2) is 7.00. The van der Waals surface area contributed by atoms with Gasteiger partial charge in [-0.2, -0.15) is 0 Å². The van der Waals surface area contributed by atoms with E-state index in [2.05, 4.69) is 21.6 Å². The fourth-order valence-corrected chi connectivity index (χ4v) is 4.70. The summed E-state index contributed by atoms with van der Waals surface area (Å²) in [4.78, 5) is 4.53. The molecule has 1 saturated heterocycles. The Bertz CT molecular complexity index is 783. The first-order chi connectivity index (χ1) is 11.5. The van der Waals surface area contributed by atoms with Crippen molar-refractivity contribution in [2.45, 2.75) is 4.21 Å². The first kappa shape index (κ1) is 17.1. The lowest BCUT2D eigenvalue weighted by atomic mass is 10.2. The summed E-state index contributed by atoms with van der Waals surface area (Å²) in [5.41, 5.74) is 1.45. The van der Waals surface area contributed by atoms with Crippen molar-refractivity contribution in [1.29, 1.82) is 0 Å². The van der Waals surface area contributed by atoms with Gasteiger partial charge < -0.3 is 14.5 Å². The number of nitrogens with one attached hydrogen (secondary N) is 1. The Morgan fingerprint density at radius 3 is 2.54 bits per heavy atom. The maximum absolute atomic E-state index is 12.5. The molecule has 0 aliphatic carbocycles. The first-order valence-electron chi connectivity index (χ1n) is 7.67. The molecule has 6 nitrogen and oxygen atoms in total. The molecular weight excluding hydrogens is 346 g/mol. The maximum Gasteiger partial charge on any atom is 0.271 e. The quantitative estimate of drug-likeness (QED) is 0.879. The van der Waals surface area contributed by atoms with E-state index in [-0.39, 0.29) is 4.21 Å². The highest BCUT2D eigenvalue weighted by atomic mass is 32.2. The van der Waals surface area contributed by atoms with Crippen LogP contribution in [0.2, 0.25) is 0 Å². The molecular formula is C16H21N3O3S2. The third-order valence-electron chi connectivity index (χ3n) is 4.06. The topological polar surface area (TPSA) is 61.9 Å². The third-order valence-corrected chi connectivity index (χ3v) is 6.82. The van der Waals surface area contributed by atoms with E-state index in [9.17, 15) is 8.42 Å². The molecule has 1 aliphatic heterocycles. The van der Waals surface area contributed by atoms with Gasteiger partial charge in [-0.25, -0.2) is 8.42 Å². The summed E-state index contributed by atoms with van der Waals surface area (Å²) in [6.45, 7) is 3.81. The van der Waals surface area contributed by atoms with Crippen LogP contribution in [0.1, 0.15) is 0 Å². The van der Waals surface area contributed by atoms with Crippen LogP contribution in [0.3, 0.4) is 0 Å². The van der Waals surface area contributed by atoms with Gasteiger partial charge in [0.2, 0.25) is 0 Å². The number of rotatable bonds is 5. The van der Waals surface area contributed by atoms with Gasteiger partial charge in [0, 0.05) is 31.9 Å². The number of sulfonamides is 1. The third kappa shape index (κ3) is 3.66. The van der Waals surface area contributed by atoms with Crippen molar-refractivity contribution in [3.8, 4) is 5.75 Å². The highest BCUT2D eigenvalue weighted by molar-refractivity contribution is 7.94. The van der Waals surface area contributed by atoms with E-state index in [1.165, 1.54) is 18.4 Å². The van der Waals surface area contributed by atoms with Gasteiger partial charge in [0.1, 0.15) is 9.96 Å². The normalized spacial score (nSPS) is 16.2. The molecule has 1 aromatic carbocycles. The number of hydrogen-bond donors (Lipinski definition) is 1. The molecule has 1 aromatic heterocycles. The van der Waals surface area contributed by atoms with Crippen LogP contribution in [0.15, 0.2) is 39.9 Å². The van der Waals surface area contributed by atoms with Crippen LogP contribution in [0.25, 0.3) is 0 Å². The number of nitrogens with zero attached hydrogens (tertiary/aromatic N) is 2. The molecule has 0 atom stereocenters. The number of piperazine rings is 1. The SMILES string of the molecule is COc1ccc(N2CCN(C)CC2)cc1NS(=O)(=O)c1cccs1. The van der Waals surface area contributed by atoms with Gasteiger partial charge in [0.25, 0.3) is 10.0 Å². The fraction of sp³-hybridized carbons (Fsp3) is 0.375. The summed E-state index contributed by atoms with van der Waals surface area (Å²) < 4.78 is 33.2. The van der Waals surface area contributed by atoms with Gasteiger partial charge in [0.15, 0.2) is 0 Å². The maximum atomic E-state index is 12.5. The summed E-state index contributed by atoms with van der Waals surface area (Å²) in [7, 11) is 0.0416. The molecule has 0 amide bonds. The predicted molar refractivity (Wildman–Crippen MR) is 97.8 cm³/mol. The highest BCUT2D eigenvalue weighted by Crippen LogP contribution is 2.32. The van der Waals surface area contributed by atoms with E-state index >= 15 is 0 Å². The van der Waals surface area contributed by atoms with Crippen LogP contribution < -0.4 is 14.4 Å². The van der Waals surface area contributed by atoms with Crippen molar-refractivity contribution >= 4 is 32.7 Å². The van der Waals surface area contributed by atoms with Gasteiger partial charge in [-0.1, -0.05) is 6.07 Å². The lowest BCUT2D eigenvalue weighted by Crippen LogP contribution is -2.44. The molecule has 8 heteroatoms. The van der Waals surface area contributed by atoms with Crippen LogP contribution in [-0.4, -0.2) is 53.7 Å². The standard InChI is InChI=1S/C16H21N3O3S2/c1-18-7-9-19(10-8-18)13-5-6-15(22-2)14(12-13)17-24(20,21)16-4-3-11-23-16/h3-6,11-12,17H,7-10H2,1-2H3. The van der Waals surface area contributed by atoms with Crippen LogP contribution in [-0.2, 0) is 10.0 Å². The first-order valence-corrected chi connectivity index (χ1v) is 10.0. The van der Waals surface area contributed by atoms with E-state index in [1.807, 2.05) is 12.1 Å². The zero-order valence-electron chi connectivity index (χ0n) is 13.7. The Hall–Kier alpha value is -1.77. The summed E-state index contributed by atoms with van der Waals surface area (Å²) in [6.07, 6.45) is 0. The Morgan fingerprint density at radius 1 is 1.17 bits per heavy atom. The minimum Gasteiger partial charge on any atom is -0.495 e. The Morgan fingerprint density at radius 2 is 1.92 bits per heavy atom. The second-order valence-corrected chi connectivity index (χ2v) is 8.57. The van der Waals surface area contributed by atoms with Crippen LogP contribution in [0.4, 0.5) is 11.4 Å². The van der Waals surface area contributed by atoms with E-state index in [4.69, 9.17) is 4.74 Å². The van der Waals surface area contributed by atoms with E-state index in [1.54, 1.807) is 23.6 Å². The van der Waals surface area contributed by atoms with Gasteiger partial charge in [-0.15, -0.1) is 11.3 Å². The molecule has 0 unspecified atom stereocenters. The molecule has 3 rings (SSSR count). The number of benzene rings is 1. The van der Waals surface area contributed by atoms with Crippen molar-refractivity contribution in [1.82, 2.24) is 4.90 Å². The Kier molecular flexibility index (Phi) is 4.98. The molecule has 0 saturated carbocycles. The van der Waals surface area contributed by atoms with Gasteiger partial charge in [0.05, 0.1) is 12.8 Å². The Balaban J connectivity index is 1.87. The molecule has 0 radical (unpaired) electrons.